The van der Waals surface area contributed by atoms with E-state index in [2.05, 4.69) is 9.47 Å². The van der Waals surface area contributed by atoms with Crippen LogP contribution in [0.25, 0.3) is 0 Å². The summed E-state index contributed by atoms with van der Waals surface area (Å²) in [7, 11) is 0.480. The molecule has 19 heavy (non-hydrogen) atoms. The Labute approximate surface area is 113 Å². The number of rotatable bonds is 6. The Morgan fingerprint density at radius 1 is 1.16 bits per heavy atom. The van der Waals surface area contributed by atoms with Crippen molar-refractivity contribution in [3.05, 3.63) is 11.8 Å². The normalized spacial score (nSPS) is 14.8. The summed E-state index contributed by atoms with van der Waals surface area (Å²) < 4.78 is 8.60. The highest BCUT2D eigenvalue weighted by Crippen LogP contribution is 2.17. The maximum Gasteiger partial charge on any atom is 0.378 e. The van der Waals surface area contributed by atoms with Crippen LogP contribution < -0.4 is 0 Å². The molecule has 0 saturated carbocycles. The number of hydrogen-bond acceptors (Lipinski definition) is 6. The molecule has 7 heteroatoms. The van der Waals surface area contributed by atoms with E-state index in [0.29, 0.717) is 0 Å². The first-order chi connectivity index (χ1) is 8.58. The average Bonchev–Trinajstić information content (AvgIpc) is 2.33. The van der Waals surface area contributed by atoms with Gasteiger partial charge >= 0.3 is 11.9 Å². The number of ether oxygens (including phenoxy) is 2. The summed E-state index contributed by atoms with van der Waals surface area (Å²) in [5.74, 6) is -3.79. The minimum Gasteiger partial charge on any atom is -0.467 e. The van der Waals surface area contributed by atoms with Crippen molar-refractivity contribution in [1.29, 1.82) is 0 Å². The van der Waals surface area contributed by atoms with Gasteiger partial charge in [0.1, 0.15) is 0 Å². The molecule has 0 aliphatic carbocycles. The number of esters is 2. The molecule has 0 aromatic carbocycles. The Morgan fingerprint density at radius 2 is 1.68 bits per heavy atom. The Bertz CT molecular complexity index is 396. The van der Waals surface area contributed by atoms with E-state index in [1.165, 1.54) is 6.08 Å². The second-order valence-electron chi connectivity index (χ2n) is 5.15. The standard InChI is InChI=1S/C12H20O6Si/c1-17-10(14)9(13)12(16,11(15)18-2)7-6-8-19(3,4)5/h6,8,16H,7H2,1-5H3/b8-6+. The molecule has 0 radical (unpaired) electrons. The third-order valence-electron chi connectivity index (χ3n) is 2.30. The Balaban J connectivity index is 5.21. The molecule has 0 amide bonds. The van der Waals surface area contributed by atoms with Crippen molar-refractivity contribution in [2.24, 2.45) is 0 Å². The van der Waals surface area contributed by atoms with Gasteiger partial charge in [0.2, 0.25) is 5.60 Å². The van der Waals surface area contributed by atoms with Gasteiger partial charge in [-0.25, -0.2) is 9.59 Å². The Morgan fingerprint density at radius 3 is 2.05 bits per heavy atom. The molecule has 0 spiro atoms. The molecule has 0 aliphatic rings. The molecule has 0 saturated heterocycles. The molecule has 1 N–H and O–H groups in total. The minimum atomic E-state index is -2.53. The van der Waals surface area contributed by atoms with Crippen LogP contribution >= 0.6 is 0 Å². The first kappa shape index (κ1) is 17.5. The average molecular weight is 288 g/mol. The fourth-order valence-electron chi connectivity index (χ4n) is 1.28. The lowest BCUT2D eigenvalue weighted by Crippen LogP contribution is -2.50. The molecule has 0 fully saturated rings. The zero-order valence-electron chi connectivity index (χ0n) is 11.9. The summed E-state index contributed by atoms with van der Waals surface area (Å²) in [5.41, 5.74) is -0.677. The van der Waals surface area contributed by atoms with E-state index in [0.717, 1.165) is 14.2 Å². The molecule has 0 bridgehead atoms. The van der Waals surface area contributed by atoms with E-state index in [1.54, 1.807) is 0 Å². The summed E-state index contributed by atoms with van der Waals surface area (Å²) in [6, 6.07) is 0. The van der Waals surface area contributed by atoms with E-state index in [4.69, 9.17) is 0 Å². The largest absolute Gasteiger partial charge is 0.467 e. The van der Waals surface area contributed by atoms with Gasteiger partial charge in [0.15, 0.2) is 0 Å². The van der Waals surface area contributed by atoms with Crippen LogP contribution in [-0.4, -0.2) is 50.7 Å². The Hall–Kier alpha value is -1.47. The van der Waals surface area contributed by atoms with Crippen LogP contribution in [0.2, 0.25) is 19.6 Å². The Kier molecular flexibility index (Phi) is 6.11. The van der Waals surface area contributed by atoms with E-state index < -0.39 is 31.4 Å². The first-order valence-electron chi connectivity index (χ1n) is 5.69. The van der Waals surface area contributed by atoms with Crippen LogP contribution in [-0.2, 0) is 23.9 Å². The molecule has 0 aromatic rings. The summed E-state index contributed by atoms with van der Waals surface area (Å²) in [6.07, 6.45) is 1.20. The zero-order chi connectivity index (χ0) is 15.3. The number of carbonyl (C=O) groups is 3. The predicted molar refractivity (Wildman–Crippen MR) is 71.1 cm³/mol. The molecular weight excluding hydrogens is 268 g/mol. The molecule has 0 rings (SSSR count). The molecule has 1 unspecified atom stereocenters. The van der Waals surface area contributed by atoms with Gasteiger partial charge in [0, 0.05) is 6.42 Å². The predicted octanol–water partition coefficient (Wildman–Crippen LogP) is 0.456. The third kappa shape index (κ3) is 4.96. The first-order valence-corrected chi connectivity index (χ1v) is 9.27. The molecule has 0 heterocycles. The number of Topliss-reactive ketones (excluding diaryl/α,β-unsaturated/α-hetero) is 1. The van der Waals surface area contributed by atoms with Crippen molar-refractivity contribution in [2.75, 3.05) is 14.2 Å². The van der Waals surface area contributed by atoms with Crippen molar-refractivity contribution >= 4 is 25.8 Å². The van der Waals surface area contributed by atoms with E-state index in [-0.39, 0.29) is 6.42 Å². The quantitative estimate of drug-likeness (QED) is 0.330. The van der Waals surface area contributed by atoms with Crippen LogP contribution in [0.4, 0.5) is 0 Å². The molecule has 0 aromatic heterocycles. The van der Waals surface area contributed by atoms with Gasteiger partial charge in [-0.1, -0.05) is 31.4 Å². The molecular formula is C12H20O6Si. The zero-order valence-corrected chi connectivity index (χ0v) is 12.9. The lowest BCUT2D eigenvalue weighted by atomic mass is 9.94. The molecule has 0 aliphatic heterocycles. The SMILES string of the molecule is COC(=O)C(=O)C(O)(C/C=C/[Si](C)(C)C)C(=O)OC. The van der Waals surface area contributed by atoms with Crippen molar-refractivity contribution in [3.8, 4) is 0 Å². The lowest BCUT2D eigenvalue weighted by molar-refractivity contribution is -0.174. The van der Waals surface area contributed by atoms with Crippen LogP contribution in [0.5, 0.6) is 0 Å². The van der Waals surface area contributed by atoms with Crippen LogP contribution in [0.1, 0.15) is 6.42 Å². The topological polar surface area (TPSA) is 89.9 Å². The van der Waals surface area contributed by atoms with Crippen molar-refractivity contribution in [3.63, 3.8) is 0 Å². The molecule has 108 valence electrons. The minimum absolute atomic E-state index is 0.322. The second kappa shape index (κ2) is 6.62. The van der Waals surface area contributed by atoms with Crippen molar-refractivity contribution in [1.82, 2.24) is 0 Å². The van der Waals surface area contributed by atoms with E-state index in [9.17, 15) is 19.5 Å². The van der Waals surface area contributed by atoms with Crippen molar-refractivity contribution in [2.45, 2.75) is 31.7 Å². The van der Waals surface area contributed by atoms with Gasteiger partial charge in [-0.3, -0.25) is 4.79 Å². The van der Waals surface area contributed by atoms with Crippen LogP contribution in [0.3, 0.4) is 0 Å². The number of aliphatic hydroxyl groups is 1. The van der Waals surface area contributed by atoms with Gasteiger partial charge < -0.3 is 14.6 Å². The monoisotopic (exact) mass is 288 g/mol. The summed E-state index contributed by atoms with van der Waals surface area (Å²) in [5, 5.41) is 10.1. The smallest absolute Gasteiger partial charge is 0.378 e. The highest BCUT2D eigenvalue weighted by molar-refractivity contribution is 6.80. The number of methoxy groups -OCH3 is 2. The van der Waals surface area contributed by atoms with E-state index >= 15 is 0 Å². The summed E-state index contributed by atoms with van der Waals surface area (Å²) >= 11 is 0. The van der Waals surface area contributed by atoms with Gasteiger partial charge in [-0.05, 0) is 0 Å². The fraction of sp³-hybridized carbons (Fsp3) is 0.583. The van der Waals surface area contributed by atoms with Gasteiger partial charge in [-0.15, -0.1) is 0 Å². The number of carbonyl (C=O) groups excluding carboxylic acids is 3. The van der Waals surface area contributed by atoms with Crippen LogP contribution in [0.15, 0.2) is 11.8 Å². The maximum absolute atomic E-state index is 11.7. The van der Waals surface area contributed by atoms with Crippen molar-refractivity contribution < 1.29 is 29.0 Å². The van der Waals surface area contributed by atoms with Gasteiger partial charge in [0.05, 0.1) is 22.3 Å². The molecule has 6 nitrogen and oxygen atoms in total. The fourth-order valence-corrected chi connectivity index (χ4v) is 2.11. The lowest BCUT2D eigenvalue weighted by Gasteiger charge is -2.21. The maximum atomic E-state index is 11.7. The van der Waals surface area contributed by atoms with Gasteiger partial charge in [-0.2, -0.15) is 0 Å². The summed E-state index contributed by atoms with van der Waals surface area (Å²) in [4.78, 5) is 34.4. The highest BCUT2D eigenvalue weighted by atomic mass is 28.3. The van der Waals surface area contributed by atoms with E-state index in [1.807, 2.05) is 25.3 Å². The number of hydrogen-bond donors (Lipinski definition) is 1. The summed E-state index contributed by atoms with van der Waals surface area (Å²) in [6.45, 7) is 6.13. The molecule has 1 atom stereocenters. The van der Waals surface area contributed by atoms with Gasteiger partial charge in [0.25, 0.3) is 5.78 Å². The third-order valence-corrected chi connectivity index (χ3v) is 3.54. The highest BCUT2D eigenvalue weighted by Gasteiger charge is 2.48. The number of ketones is 1. The second-order valence-corrected chi connectivity index (χ2v) is 10.2. The van der Waals surface area contributed by atoms with Crippen LogP contribution in [0, 0.1) is 0 Å².